The fourth-order valence-corrected chi connectivity index (χ4v) is 3.87. The zero-order valence-electron chi connectivity index (χ0n) is 20.0. The van der Waals surface area contributed by atoms with E-state index in [4.69, 9.17) is 10.6 Å². The molecule has 10 heteroatoms. The summed E-state index contributed by atoms with van der Waals surface area (Å²) in [5.41, 5.74) is 7.69. The van der Waals surface area contributed by atoms with Gasteiger partial charge in [-0.3, -0.25) is 4.79 Å². The van der Waals surface area contributed by atoms with Crippen molar-refractivity contribution < 1.29 is 9.53 Å². The maximum atomic E-state index is 12.3. The SMILES string of the molecule is Cc1ccc(NC(=O)CSc2nnc(N/N=C/c3ccccc3OCc3ccccc3)n2N)cc1C. The molecule has 4 aromatic rings. The molecule has 36 heavy (non-hydrogen) atoms. The van der Waals surface area contributed by atoms with Crippen LogP contribution in [0, 0.1) is 13.8 Å². The first-order chi connectivity index (χ1) is 17.5. The summed E-state index contributed by atoms with van der Waals surface area (Å²) in [6.07, 6.45) is 1.62. The van der Waals surface area contributed by atoms with Crippen molar-refractivity contribution in [1.29, 1.82) is 0 Å². The number of hydrazone groups is 1. The standard InChI is InChI=1S/C26H27N7O2S/c1-18-12-13-22(14-19(18)2)29-24(34)17-36-26-32-31-25(33(26)27)30-28-15-21-10-6-7-11-23(21)35-16-20-8-4-3-5-9-20/h3-15H,16-17,27H2,1-2H3,(H,29,34)(H,30,31)/b28-15+. The number of aromatic nitrogens is 3. The van der Waals surface area contributed by atoms with E-state index in [0.717, 1.165) is 22.4 Å². The Hall–Kier alpha value is -4.31. The summed E-state index contributed by atoms with van der Waals surface area (Å²) in [6.45, 7) is 4.48. The number of para-hydroxylation sites is 1. The molecule has 3 aromatic carbocycles. The van der Waals surface area contributed by atoms with Crippen LogP contribution in [0.2, 0.25) is 0 Å². The maximum absolute atomic E-state index is 12.3. The van der Waals surface area contributed by atoms with Crippen molar-refractivity contribution in [3.8, 4) is 5.75 Å². The minimum atomic E-state index is -0.161. The van der Waals surface area contributed by atoms with Gasteiger partial charge in [0.25, 0.3) is 5.95 Å². The summed E-state index contributed by atoms with van der Waals surface area (Å²) in [5, 5.41) is 15.5. The number of rotatable bonds is 10. The van der Waals surface area contributed by atoms with Crippen molar-refractivity contribution >= 4 is 35.5 Å². The molecule has 0 aliphatic heterocycles. The van der Waals surface area contributed by atoms with Gasteiger partial charge in [-0.25, -0.2) is 10.1 Å². The van der Waals surface area contributed by atoms with Crippen LogP contribution in [0.3, 0.4) is 0 Å². The molecule has 1 amide bonds. The lowest BCUT2D eigenvalue weighted by molar-refractivity contribution is -0.113. The second-order valence-electron chi connectivity index (χ2n) is 7.99. The molecule has 1 aromatic heterocycles. The number of carbonyl (C=O) groups excluding carboxylic acids is 1. The van der Waals surface area contributed by atoms with Gasteiger partial charge in [0.2, 0.25) is 11.1 Å². The molecule has 4 N–H and O–H groups in total. The minimum Gasteiger partial charge on any atom is -0.488 e. The van der Waals surface area contributed by atoms with Crippen LogP contribution in [0.5, 0.6) is 5.75 Å². The number of benzene rings is 3. The lowest BCUT2D eigenvalue weighted by Gasteiger charge is -2.09. The Bertz CT molecular complexity index is 1360. The van der Waals surface area contributed by atoms with Gasteiger partial charge < -0.3 is 15.9 Å². The van der Waals surface area contributed by atoms with Crippen LogP contribution in [0.25, 0.3) is 0 Å². The summed E-state index contributed by atoms with van der Waals surface area (Å²) in [5.74, 6) is 7.00. The molecule has 0 radical (unpaired) electrons. The summed E-state index contributed by atoms with van der Waals surface area (Å²) in [7, 11) is 0. The first kappa shape index (κ1) is 24.8. The van der Waals surface area contributed by atoms with Gasteiger partial charge in [0, 0.05) is 11.3 Å². The second-order valence-corrected chi connectivity index (χ2v) is 8.94. The Balaban J connectivity index is 1.31. The molecule has 4 rings (SSSR count). The highest BCUT2D eigenvalue weighted by Gasteiger charge is 2.12. The highest BCUT2D eigenvalue weighted by Crippen LogP contribution is 2.20. The van der Waals surface area contributed by atoms with E-state index < -0.39 is 0 Å². The minimum absolute atomic E-state index is 0.137. The smallest absolute Gasteiger partial charge is 0.264 e. The molecule has 0 unspecified atom stereocenters. The van der Waals surface area contributed by atoms with E-state index in [1.165, 1.54) is 22.0 Å². The molecule has 0 fully saturated rings. The first-order valence-electron chi connectivity index (χ1n) is 11.2. The zero-order chi connectivity index (χ0) is 25.3. The molecule has 184 valence electrons. The molecule has 0 atom stereocenters. The number of nitrogens with two attached hydrogens (primary N) is 1. The van der Waals surface area contributed by atoms with E-state index in [1.807, 2.05) is 86.6 Å². The Morgan fingerprint density at radius 1 is 1.06 bits per heavy atom. The van der Waals surface area contributed by atoms with Crippen LogP contribution in [0.4, 0.5) is 11.6 Å². The van der Waals surface area contributed by atoms with E-state index in [0.29, 0.717) is 17.5 Å². The van der Waals surface area contributed by atoms with Crippen molar-refractivity contribution in [1.82, 2.24) is 14.9 Å². The number of ether oxygens (including phenoxy) is 1. The summed E-state index contributed by atoms with van der Waals surface area (Å²) in [4.78, 5) is 12.3. The number of aryl methyl sites for hydroxylation is 2. The van der Waals surface area contributed by atoms with Gasteiger partial charge in [-0.15, -0.1) is 10.2 Å². The number of hydrogen-bond acceptors (Lipinski definition) is 8. The Labute approximate surface area is 213 Å². The third-order valence-corrected chi connectivity index (χ3v) is 6.25. The molecule has 0 aliphatic carbocycles. The lowest BCUT2D eigenvalue weighted by atomic mass is 10.1. The largest absolute Gasteiger partial charge is 0.488 e. The van der Waals surface area contributed by atoms with Gasteiger partial charge in [0.1, 0.15) is 12.4 Å². The van der Waals surface area contributed by atoms with Crippen molar-refractivity contribution in [2.24, 2.45) is 5.10 Å². The van der Waals surface area contributed by atoms with Gasteiger partial charge in [-0.1, -0.05) is 60.3 Å². The Morgan fingerprint density at radius 3 is 2.64 bits per heavy atom. The van der Waals surface area contributed by atoms with Crippen molar-refractivity contribution in [3.05, 3.63) is 95.1 Å². The Morgan fingerprint density at radius 2 is 1.83 bits per heavy atom. The van der Waals surface area contributed by atoms with Crippen molar-refractivity contribution in [2.75, 3.05) is 22.3 Å². The molecule has 0 bridgehead atoms. The van der Waals surface area contributed by atoms with E-state index in [1.54, 1.807) is 6.21 Å². The number of hydrogen-bond donors (Lipinski definition) is 3. The number of amides is 1. The molecule has 0 spiro atoms. The van der Waals surface area contributed by atoms with E-state index >= 15 is 0 Å². The third-order valence-electron chi connectivity index (χ3n) is 5.31. The van der Waals surface area contributed by atoms with Crippen LogP contribution in [-0.4, -0.2) is 32.7 Å². The maximum Gasteiger partial charge on any atom is 0.264 e. The molecule has 0 saturated heterocycles. The third kappa shape index (κ3) is 6.63. The predicted molar refractivity (Wildman–Crippen MR) is 144 cm³/mol. The van der Waals surface area contributed by atoms with Crippen molar-refractivity contribution in [2.45, 2.75) is 25.6 Å². The number of carbonyl (C=O) groups is 1. The average molecular weight is 502 g/mol. The normalized spacial score (nSPS) is 10.9. The fourth-order valence-electron chi connectivity index (χ4n) is 3.21. The quantitative estimate of drug-likeness (QED) is 0.128. The van der Waals surface area contributed by atoms with E-state index in [9.17, 15) is 4.79 Å². The molecule has 9 nitrogen and oxygen atoms in total. The van der Waals surface area contributed by atoms with Gasteiger partial charge in [-0.2, -0.15) is 5.10 Å². The zero-order valence-corrected chi connectivity index (χ0v) is 20.8. The van der Waals surface area contributed by atoms with Crippen LogP contribution in [0.15, 0.2) is 83.1 Å². The summed E-state index contributed by atoms with van der Waals surface area (Å²) >= 11 is 1.18. The van der Waals surface area contributed by atoms with Crippen LogP contribution in [0.1, 0.15) is 22.3 Å². The number of nitrogens with one attached hydrogen (secondary N) is 2. The summed E-state index contributed by atoms with van der Waals surface area (Å²) < 4.78 is 7.20. The van der Waals surface area contributed by atoms with Crippen LogP contribution in [-0.2, 0) is 11.4 Å². The lowest BCUT2D eigenvalue weighted by Crippen LogP contribution is -2.17. The molecule has 0 aliphatic rings. The van der Waals surface area contributed by atoms with E-state index in [-0.39, 0.29) is 17.6 Å². The molecular formula is C26H27N7O2S. The average Bonchev–Trinajstić information content (AvgIpc) is 3.24. The predicted octanol–water partition coefficient (Wildman–Crippen LogP) is 4.36. The van der Waals surface area contributed by atoms with Crippen LogP contribution >= 0.6 is 11.8 Å². The van der Waals surface area contributed by atoms with Gasteiger partial charge >= 0.3 is 0 Å². The number of anilines is 2. The van der Waals surface area contributed by atoms with E-state index in [2.05, 4.69) is 26.0 Å². The van der Waals surface area contributed by atoms with Gasteiger partial charge in [0.15, 0.2) is 0 Å². The van der Waals surface area contributed by atoms with Crippen molar-refractivity contribution in [3.63, 3.8) is 0 Å². The summed E-state index contributed by atoms with van der Waals surface area (Å²) in [6, 6.07) is 23.3. The second kappa shape index (κ2) is 11.9. The van der Waals surface area contributed by atoms with Gasteiger partial charge in [-0.05, 0) is 54.8 Å². The first-order valence-corrected chi connectivity index (χ1v) is 12.2. The topological polar surface area (TPSA) is 119 Å². The monoisotopic (exact) mass is 501 g/mol. The number of thioether (sulfide) groups is 1. The number of nitrogens with zero attached hydrogens (tertiary/aromatic N) is 4. The van der Waals surface area contributed by atoms with Crippen LogP contribution < -0.4 is 21.3 Å². The highest BCUT2D eigenvalue weighted by molar-refractivity contribution is 7.99. The van der Waals surface area contributed by atoms with Gasteiger partial charge in [0.05, 0.1) is 12.0 Å². The molecule has 1 heterocycles. The molecular weight excluding hydrogens is 474 g/mol. The number of nitrogen functional groups attached to an aromatic ring is 1. The highest BCUT2D eigenvalue weighted by atomic mass is 32.2. The Kier molecular flexibility index (Phi) is 8.20. The fraction of sp³-hybridized carbons (Fsp3) is 0.154. The molecule has 0 saturated carbocycles.